The molecule has 0 unspecified atom stereocenters. The van der Waals surface area contributed by atoms with Gasteiger partial charge < -0.3 is 0 Å². The van der Waals surface area contributed by atoms with E-state index in [1.807, 2.05) is 12.4 Å². The van der Waals surface area contributed by atoms with Gasteiger partial charge in [-0.3, -0.25) is 19.9 Å². The predicted molar refractivity (Wildman–Crippen MR) is 152 cm³/mol. The van der Waals surface area contributed by atoms with Crippen LogP contribution < -0.4 is 0 Å². The monoisotopic (exact) mass is 496 g/mol. The molecule has 4 heterocycles. The van der Waals surface area contributed by atoms with Crippen LogP contribution in [0.1, 0.15) is 0 Å². The third kappa shape index (κ3) is 2.92. The number of nitrogens with zero attached hydrogens (tertiary/aromatic N) is 4. The first kappa shape index (κ1) is 20.0. The molecule has 8 rings (SSSR count). The Hall–Kier alpha value is -4.26. The van der Waals surface area contributed by atoms with Crippen molar-refractivity contribution < 1.29 is 0 Å². The van der Waals surface area contributed by atoms with E-state index in [2.05, 4.69) is 80.6 Å². The number of benzene rings is 4. The zero-order valence-corrected chi connectivity index (χ0v) is 20.5. The lowest BCUT2D eigenvalue weighted by atomic mass is 9.95. The first-order valence-corrected chi connectivity index (χ1v) is 13.2. The van der Waals surface area contributed by atoms with Gasteiger partial charge in [-0.2, -0.15) is 0 Å². The summed E-state index contributed by atoms with van der Waals surface area (Å²) in [6.45, 7) is 0. The lowest BCUT2D eigenvalue weighted by Gasteiger charge is -2.09. The van der Waals surface area contributed by atoms with E-state index in [1.54, 1.807) is 47.5 Å². The SMILES string of the molecule is c1cnc(-c2cc3c(ccc4c3ccc3c5ccc6sc(-c7cnccn7)cc6c5ccc43)s2)cn1. The van der Waals surface area contributed by atoms with E-state index < -0.39 is 0 Å². The van der Waals surface area contributed by atoms with Gasteiger partial charge in [0.25, 0.3) is 0 Å². The zero-order valence-electron chi connectivity index (χ0n) is 18.8. The van der Waals surface area contributed by atoms with Crippen molar-refractivity contribution in [1.82, 2.24) is 19.9 Å². The quantitative estimate of drug-likeness (QED) is 0.225. The molecule has 168 valence electrons. The highest BCUT2D eigenvalue weighted by atomic mass is 32.1. The number of rotatable bonds is 2. The van der Waals surface area contributed by atoms with Crippen LogP contribution in [0.5, 0.6) is 0 Å². The summed E-state index contributed by atoms with van der Waals surface area (Å²) in [4.78, 5) is 19.8. The van der Waals surface area contributed by atoms with Crippen LogP contribution in [0.2, 0.25) is 0 Å². The van der Waals surface area contributed by atoms with E-state index in [4.69, 9.17) is 0 Å². The van der Waals surface area contributed by atoms with Gasteiger partial charge in [-0.25, -0.2) is 0 Å². The van der Waals surface area contributed by atoms with E-state index in [-0.39, 0.29) is 0 Å². The number of hydrogen-bond acceptors (Lipinski definition) is 6. The summed E-state index contributed by atoms with van der Waals surface area (Å²) in [6.07, 6.45) is 10.6. The number of aromatic nitrogens is 4. The summed E-state index contributed by atoms with van der Waals surface area (Å²) in [5, 5.41) is 10.2. The summed E-state index contributed by atoms with van der Waals surface area (Å²) >= 11 is 3.53. The van der Waals surface area contributed by atoms with Crippen molar-refractivity contribution in [1.29, 1.82) is 0 Å². The molecule has 0 amide bonds. The van der Waals surface area contributed by atoms with Gasteiger partial charge in [-0.1, -0.05) is 36.4 Å². The first-order valence-electron chi connectivity index (χ1n) is 11.6. The molecule has 6 heteroatoms. The topological polar surface area (TPSA) is 51.6 Å². The van der Waals surface area contributed by atoms with Crippen LogP contribution in [-0.2, 0) is 0 Å². The maximum atomic E-state index is 4.50. The summed E-state index contributed by atoms with van der Waals surface area (Å²) in [6, 6.07) is 22.6. The van der Waals surface area contributed by atoms with Gasteiger partial charge in [0.2, 0.25) is 0 Å². The molecular weight excluding hydrogens is 480 g/mol. The molecule has 0 aliphatic rings. The Morgan fingerprint density at radius 3 is 1.19 bits per heavy atom. The standard InChI is InChI=1S/C30H16N4S2/c1-3-21-20(6-8-27-23(21)13-29(35-27)25-15-31-9-11-33-25)18-2-4-22-19(17(1)18)5-7-28-24(22)14-30(36-28)26-16-32-10-12-34-26/h1-16H. The van der Waals surface area contributed by atoms with Crippen LogP contribution in [-0.4, -0.2) is 19.9 Å². The van der Waals surface area contributed by atoms with Crippen LogP contribution in [0, 0.1) is 0 Å². The third-order valence-corrected chi connectivity index (χ3v) is 9.07. The second-order valence-corrected chi connectivity index (χ2v) is 10.9. The summed E-state index contributed by atoms with van der Waals surface area (Å²) < 4.78 is 2.53. The smallest absolute Gasteiger partial charge is 0.0985 e. The summed E-state index contributed by atoms with van der Waals surface area (Å²) in [5.74, 6) is 0. The Balaban J connectivity index is 1.36. The van der Waals surface area contributed by atoms with Gasteiger partial charge in [0, 0.05) is 45.0 Å². The van der Waals surface area contributed by atoms with Crippen LogP contribution in [0.4, 0.5) is 0 Å². The van der Waals surface area contributed by atoms with Crippen molar-refractivity contribution in [2.75, 3.05) is 0 Å². The summed E-state index contributed by atoms with van der Waals surface area (Å²) in [7, 11) is 0. The van der Waals surface area contributed by atoms with Crippen LogP contribution >= 0.6 is 22.7 Å². The molecule has 0 radical (unpaired) electrons. The molecule has 0 N–H and O–H groups in total. The highest BCUT2D eigenvalue weighted by Crippen LogP contribution is 2.42. The van der Waals surface area contributed by atoms with Crippen molar-refractivity contribution in [2.24, 2.45) is 0 Å². The van der Waals surface area contributed by atoms with Crippen molar-refractivity contribution in [3.05, 3.63) is 97.8 Å². The lowest BCUT2D eigenvalue weighted by Crippen LogP contribution is -1.82. The minimum Gasteiger partial charge on any atom is -0.261 e. The number of fused-ring (bicyclic) bond motifs is 9. The minimum atomic E-state index is 0.916. The molecule has 4 nitrogen and oxygen atoms in total. The molecular formula is C30H16N4S2. The number of thiophene rings is 2. The van der Waals surface area contributed by atoms with E-state index >= 15 is 0 Å². The fourth-order valence-corrected chi connectivity index (χ4v) is 7.26. The van der Waals surface area contributed by atoms with E-state index in [0.717, 1.165) is 21.1 Å². The first-order chi connectivity index (χ1) is 17.8. The molecule has 4 aromatic heterocycles. The van der Waals surface area contributed by atoms with Gasteiger partial charge in [0.05, 0.1) is 33.5 Å². The molecule has 0 atom stereocenters. The van der Waals surface area contributed by atoms with Gasteiger partial charge in [0.15, 0.2) is 0 Å². The highest BCUT2D eigenvalue weighted by Gasteiger charge is 2.14. The molecule has 0 saturated heterocycles. The average Bonchev–Trinajstić information content (AvgIpc) is 3.58. The average molecular weight is 497 g/mol. The zero-order chi connectivity index (χ0) is 23.6. The fourth-order valence-electron chi connectivity index (χ4n) is 5.18. The maximum Gasteiger partial charge on any atom is 0.0985 e. The van der Waals surface area contributed by atoms with Gasteiger partial charge >= 0.3 is 0 Å². The molecule has 0 aliphatic heterocycles. The van der Waals surface area contributed by atoms with E-state index in [9.17, 15) is 0 Å². The Kier molecular flexibility index (Phi) is 4.23. The van der Waals surface area contributed by atoms with Crippen LogP contribution in [0.15, 0.2) is 97.8 Å². The van der Waals surface area contributed by atoms with Gasteiger partial charge in [-0.05, 0) is 56.6 Å². The van der Waals surface area contributed by atoms with E-state index in [1.165, 1.54) is 52.5 Å². The largest absolute Gasteiger partial charge is 0.261 e. The molecule has 0 saturated carbocycles. The van der Waals surface area contributed by atoms with Crippen LogP contribution in [0.25, 0.3) is 73.6 Å². The van der Waals surface area contributed by atoms with Gasteiger partial charge in [0.1, 0.15) is 0 Å². The second-order valence-electron chi connectivity index (χ2n) is 8.77. The minimum absolute atomic E-state index is 0.916. The van der Waals surface area contributed by atoms with Gasteiger partial charge in [-0.15, -0.1) is 22.7 Å². The van der Waals surface area contributed by atoms with E-state index in [0.29, 0.717) is 0 Å². The fraction of sp³-hybridized carbons (Fsp3) is 0. The molecule has 36 heavy (non-hydrogen) atoms. The molecule has 0 spiro atoms. The Morgan fingerprint density at radius 1 is 0.417 bits per heavy atom. The number of hydrogen-bond donors (Lipinski definition) is 0. The molecule has 0 aliphatic carbocycles. The molecule has 0 bridgehead atoms. The molecule has 4 aromatic carbocycles. The predicted octanol–water partition coefficient (Wildman–Crippen LogP) is 8.49. The summed E-state index contributed by atoms with van der Waals surface area (Å²) in [5.41, 5.74) is 1.83. The van der Waals surface area contributed by atoms with Crippen molar-refractivity contribution in [3.63, 3.8) is 0 Å². The van der Waals surface area contributed by atoms with Crippen LogP contribution in [0.3, 0.4) is 0 Å². The highest BCUT2D eigenvalue weighted by molar-refractivity contribution is 7.22. The molecule has 8 aromatic rings. The maximum absolute atomic E-state index is 4.50. The molecule has 0 fully saturated rings. The van der Waals surface area contributed by atoms with Crippen molar-refractivity contribution in [2.45, 2.75) is 0 Å². The normalized spacial score (nSPS) is 11.9. The van der Waals surface area contributed by atoms with Crippen molar-refractivity contribution >= 4 is 75.2 Å². The van der Waals surface area contributed by atoms with Crippen molar-refractivity contribution in [3.8, 4) is 21.1 Å². The Labute approximate surface area is 213 Å². The Bertz CT molecular complexity index is 1940. The Morgan fingerprint density at radius 2 is 0.806 bits per heavy atom. The lowest BCUT2D eigenvalue weighted by molar-refractivity contribution is 1.21. The third-order valence-electron chi connectivity index (χ3n) is 6.82. The second kappa shape index (κ2) is 7.62.